The molecule has 0 radical (unpaired) electrons. The predicted molar refractivity (Wildman–Crippen MR) is 123 cm³/mol. The lowest BCUT2D eigenvalue weighted by Gasteiger charge is -2.37. The first-order valence-electron chi connectivity index (χ1n) is 9.26. The number of anilines is 1. The first kappa shape index (κ1) is 22.1. The van der Waals surface area contributed by atoms with E-state index in [2.05, 4.69) is 27.0 Å². The monoisotopic (exact) mass is 497 g/mol. The summed E-state index contributed by atoms with van der Waals surface area (Å²) in [7, 11) is 1.62. The molecule has 1 aromatic carbocycles. The number of aromatic nitrogens is 1. The third kappa shape index (κ3) is 5.63. The minimum absolute atomic E-state index is 0. The van der Waals surface area contributed by atoms with E-state index in [0.29, 0.717) is 12.3 Å². The molecule has 2 aromatic rings. The van der Waals surface area contributed by atoms with Gasteiger partial charge in [0.2, 0.25) is 0 Å². The number of aliphatic imine (C=N–C) groups is 1. The van der Waals surface area contributed by atoms with E-state index >= 15 is 0 Å². The number of benzene rings is 1. The number of nitrogens with zero attached hydrogens (tertiary/aromatic N) is 4. The lowest BCUT2D eigenvalue weighted by molar-refractivity contribution is 0.371. The van der Waals surface area contributed by atoms with Gasteiger partial charge in [0.1, 0.15) is 17.3 Å². The van der Waals surface area contributed by atoms with Crippen molar-refractivity contribution >= 4 is 35.8 Å². The minimum atomic E-state index is 0. The lowest BCUT2D eigenvalue weighted by atomic mass is 10.2. The number of halogens is 1. The molecule has 7 nitrogen and oxygen atoms in total. The molecule has 3 rings (SSSR count). The van der Waals surface area contributed by atoms with E-state index in [1.165, 1.54) is 0 Å². The number of phenolic OH excluding ortho intramolecular Hbond substituents is 1. The molecular formula is C20H28IN5O2. The molecule has 2 N–H and O–H groups in total. The highest BCUT2D eigenvalue weighted by atomic mass is 127. The van der Waals surface area contributed by atoms with Crippen molar-refractivity contribution in [1.82, 2.24) is 15.2 Å². The van der Waals surface area contributed by atoms with Gasteiger partial charge in [0.15, 0.2) is 5.96 Å². The average Bonchev–Trinajstić information content (AvgIpc) is 2.73. The van der Waals surface area contributed by atoms with Crippen molar-refractivity contribution in [1.29, 1.82) is 0 Å². The molecule has 1 aliphatic heterocycles. The molecule has 1 aromatic heterocycles. The molecule has 152 valence electrons. The molecule has 2 heterocycles. The van der Waals surface area contributed by atoms with Crippen molar-refractivity contribution in [3.05, 3.63) is 48.2 Å². The standard InChI is InChI=1S/C20H27N5O2.HI/c1-3-21-20(23-15-16-14-17(27-2)7-8-18(16)26)25-12-10-24(11-13-25)19-6-4-5-9-22-19;/h4-9,14,26H,3,10-13,15H2,1-2H3,(H,21,23);1H. The van der Waals surface area contributed by atoms with E-state index in [4.69, 9.17) is 9.73 Å². The van der Waals surface area contributed by atoms with Gasteiger partial charge in [-0.25, -0.2) is 9.98 Å². The van der Waals surface area contributed by atoms with E-state index in [1.54, 1.807) is 19.2 Å². The number of aromatic hydroxyl groups is 1. The van der Waals surface area contributed by atoms with E-state index < -0.39 is 0 Å². The Morgan fingerprint density at radius 3 is 2.64 bits per heavy atom. The van der Waals surface area contributed by atoms with E-state index in [1.807, 2.05) is 30.5 Å². The zero-order valence-corrected chi connectivity index (χ0v) is 18.7. The second-order valence-electron chi connectivity index (χ2n) is 6.33. The Morgan fingerprint density at radius 2 is 2.00 bits per heavy atom. The maximum absolute atomic E-state index is 10.1. The maximum atomic E-state index is 10.1. The number of pyridine rings is 1. The molecule has 1 aliphatic rings. The maximum Gasteiger partial charge on any atom is 0.194 e. The number of piperazine rings is 1. The largest absolute Gasteiger partial charge is 0.508 e. The minimum Gasteiger partial charge on any atom is -0.508 e. The Morgan fingerprint density at radius 1 is 1.21 bits per heavy atom. The van der Waals surface area contributed by atoms with Crippen LogP contribution >= 0.6 is 24.0 Å². The van der Waals surface area contributed by atoms with Crippen molar-refractivity contribution < 1.29 is 9.84 Å². The molecule has 0 bridgehead atoms. The van der Waals surface area contributed by atoms with Crippen molar-refractivity contribution in [2.24, 2.45) is 4.99 Å². The van der Waals surface area contributed by atoms with Crippen molar-refractivity contribution in [3.63, 3.8) is 0 Å². The van der Waals surface area contributed by atoms with E-state index in [-0.39, 0.29) is 29.7 Å². The van der Waals surface area contributed by atoms with Crippen LogP contribution in [0.5, 0.6) is 11.5 Å². The molecule has 0 spiro atoms. The second kappa shape index (κ2) is 10.9. The lowest BCUT2D eigenvalue weighted by Crippen LogP contribution is -2.52. The molecule has 8 heteroatoms. The number of ether oxygens (including phenoxy) is 1. The van der Waals surface area contributed by atoms with Gasteiger partial charge < -0.3 is 25.0 Å². The zero-order valence-electron chi connectivity index (χ0n) is 16.3. The SMILES string of the molecule is CCNC(=NCc1cc(OC)ccc1O)N1CCN(c2ccccn2)CC1.I. The van der Waals surface area contributed by atoms with Crippen LogP contribution in [0.4, 0.5) is 5.82 Å². The highest BCUT2D eigenvalue weighted by molar-refractivity contribution is 14.0. The van der Waals surface area contributed by atoms with Gasteiger partial charge in [-0.05, 0) is 37.3 Å². The normalized spacial score (nSPS) is 14.4. The Balaban J connectivity index is 0.00000280. The predicted octanol–water partition coefficient (Wildman–Crippen LogP) is 2.70. The quantitative estimate of drug-likeness (QED) is 0.376. The Hall–Kier alpha value is -2.23. The summed E-state index contributed by atoms with van der Waals surface area (Å²) < 4.78 is 5.24. The van der Waals surface area contributed by atoms with Gasteiger partial charge in [0, 0.05) is 44.5 Å². The summed E-state index contributed by atoms with van der Waals surface area (Å²) >= 11 is 0. The van der Waals surface area contributed by atoms with Gasteiger partial charge in [0.25, 0.3) is 0 Å². The Bertz CT molecular complexity index is 764. The first-order chi connectivity index (χ1) is 13.2. The molecule has 28 heavy (non-hydrogen) atoms. The first-order valence-corrected chi connectivity index (χ1v) is 9.26. The van der Waals surface area contributed by atoms with Crippen LogP contribution in [-0.4, -0.2) is 60.8 Å². The van der Waals surface area contributed by atoms with Gasteiger partial charge in [-0.1, -0.05) is 6.07 Å². The number of guanidine groups is 1. The number of nitrogens with one attached hydrogen (secondary N) is 1. The Labute approximate surface area is 183 Å². The van der Waals surface area contributed by atoms with Crippen LogP contribution in [0.2, 0.25) is 0 Å². The summed E-state index contributed by atoms with van der Waals surface area (Å²) in [5.74, 6) is 2.82. The van der Waals surface area contributed by atoms with Gasteiger partial charge in [0.05, 0.1) is 13.7 Å². The van der Waals surface area contributed by atoms with Crippen LogP contribution < -0.4 is 15.0 Å². The van der Waals surface area contributed by atoms with Crippen molar-refractivity contribution in [2.75, 3.05) is 44.7 Å². The van der Waals surface area contributed by atoms with Gasteiger partial charge in [-0.3, -0.25) is 0 Å². The fraction of sp³-hybridized carbons (Fsp3) is 0.400. The van der Waals surface area contributed by atoms with E-state index in [9.17, 15) is 5.11 Å². The molecule has 0 atom stereocenters. The summed E-state index contributed by atoms with van der Waals surface area (Å²) in [6.07, 6.45) is 1.83. The van der Waals surface area contributed by atoms with Gasteiger partial charge in [-0.15, -0.1) is 24.0 Å². The third-order valence-corrected chi connectivity index (χ3v) is 4.57. The van der Waals surface area contributed by atoms with Gasteiger partial charge in [-0.2, -0.15) is 0 Å². The molecule has 0 aliphatic carbocycles. The molecular weight excluding hydrogens is 469 g/mol. The van der Waals surface area contributed by atoms with Crippen LogP contribution in [0.15, 0.2) is 47.6 Å². The molecule has 0 amide bonds. The highest BCUT2D eigenvalue weighted by Crippen LogP contribution is 2.23. The van der Waals surface area contributed by atoms with Crippen molar-refractivity contribution in [3.8, 4) is 11.5 Å². The number of hydrogen-bond donors (Lipinski definition) is 2. The molecule has 1 fully saturated rings. The topological polar surface area (TPSA) is 73.2 Å². The molecule has 1 saturated heterocycles. The van der Waals surface area contributed by atoms with Gasteiger partial charge >= 0.3 is 0 Å². The summed E-state index contributed by atoms with van der Waals surface area (Å²) in [5.41, 5.74) is 0.747. The summed E-state index contributed by atoms with van der Waals surface area (Å²) in [4.78, 5) is 13.7. The molecule has 0 unspecified atom stereocenters. The summed E-state index contributed by atoms with van der Waals surface area (Å²) in [5, 5.41) is 13.4. The van der Waals surface area contributed by atoms with Crippen molar-refractivity contribution in [2.45, 2.75) is 13.5 Å². The fourth-order valence-corrected chi connectivity index (χ4v) is 3.09. The number of phenols is 1. The summed E-state index contributed by atoms with van der Waals surface area (Å²) in [6, 6.07) is 11.2. The smallest absolute Gasteiger partial charge is 0.194 e. The van der Waals surface area contributed by atoms with Crippen LogP contribution in [0.3, 0.4) is 0 Å². The van der Waals surface area contributed by atoms with E-state index in [0.717, 1.165) is 50.1 Å². The second-order valence-corrected chi connectivity index (χ2v) is 6.33. The van der Waals surface area contributed by atoms with Crippen LogP contribution in [0.1, 0.15) is 12.5 Å². The Kier molecular flexibility index (Phi) is 8.62. The molecule has 0 saturated carbocycles. The van der Waals surface area contributed by atoms with Crippen LogP contribution in [0, 0.1) is 0 Å². The number of methoxy groups -OCH3 is 1. The average molecular weight is 497 g/mol. The van der Waals surface area contributed by atoms with Crippen LogP contribution in [0.25, 0.3) is 0 Å². The number of hydrogen-bond acceptors (Lipinski definition) is 5. The number of rotatable bonds is 5. The summed E-state index contributed by atoms with van der Waals surface area (Å²) in [6.45, 7) is 6.77. The third-order valence-electron chi connectivity index (χ3n) is 4.57. The fourth-order valence-electron chi connectivity index (χ4n) is 3.09. The highest BCUT2D eigenvalue weighted by Gasteiger charge is 2.20. The van der Waals surface area contributed by atoms with Crippen LogP contribution in [-0.2, 0) is 6.54 Å². The zero-order chi connectivity index (χ0) is 19.1.